The molecule has 0 amide bonds. The lowest BCUT2D eigenvalue weighted by Crippen LogP contribution is -1.91. The number of halogens is 1. The minimum Gasteiger partial charge on any atom is -0.397 e. The van der Waals surface area contributed by atoms with Crippen molar-refractivity contribution >= 4 is 17.3 Å². The predicted octanol–water partition coefficient (Wildman–Crippen LogP) is 1.88. The van der Waals surface area contributed by atoms with Crippen molar-refractivity contribution in [3.63, 3.8) is 0 Å². The van der Waals surface area contributed by atoms with Crippen LogP contribution in [0.3, 0.4) is 0 Å². The van der Waals surface area contributed by atoms with Crippen LogP contribution in [-0.2, 0) is 6.42 Å². The van der Waals surface area contributed by atoms with Crippen LogP contribution in [0.15, 0.2) is 12.3 Å². The summed E-state index contributed by atoms with van der Waals surface area (Å²) in [6.07, 6.45) is 2.43. The Kier molecular flexibility index (Phi) is 2.12. The van der Waals surface area contributed by atoms with E-state index in [1.165, 1.54) is 0 Å². The number of anilines is 1. The van der Waals surface area contributed by atoms with Gasteiger partial charge in [-0.05, 0) is 18.1 Å². The van der Waals surface area contributed by atoms with Crippen molar-refractivity contribution < 1.29 is 0 Å². The highest BCUT2D eigenvalue weighted by Crippen LogP contribution is 2.15. The summed E-state index contributed by atoms with van der Waals surface area (Å²) in [5, 5.41) is 0.553. The van der Waals surface area contributed by atoms with E-state index >= 15 is 0 Å². The van der Waals surface area contributed by atoms with Crippen LogP contribution in [0.2, 0.25) is 5.15 Å². The standard InChI is InChI=1S/C7H9ClN2/c1-2-5-3-6(9)4-10-7(5)8/h3-4H,2,9H2,1H3. The maximum absolute atomic E-state index is 5.73. The van der Waals surface area contributed by atoms with Gasteiger partial charge in [-0.3, -0.25) is 0 Å². The molecule has 0 aromatic carbocycles. The van der Waals surface area contributed by atoms with E-state index in [1.54, 1.807) is 6.20 Å². The van der Waals surface area contributed by atoms with Crippen LogP contribution in [0.1, 0.15) is 12.5 Å². The van der Waals surface area contributed by atoms with Gasteiger partial charge in [0.05, 0.1) is 11.9 Å². The molecule has 0 fully saturated rings. The predicted molar refractivity (Wildman–Crippen MR) is 43.0 cm³/mol. The summed E-state index contributed by atoms with van der Waals surface area (Å²) in [6, 6.07) is 1.84. The zero-order valence-corrected chi connectivity index (χ0v) is 6.52. The highest BCUT2D eigenvalue weighted by Gasteiger charge is 1.97. The molecule has 0 aliphatic carbocycles. The van der Waals surface area contributed by atoms with E-state index < -0.39 is 0 Å². The number of pyridine rings is 1. The molecule has 2 N–H and O–H groups in total. The lowest BCUT2D eigenvalue weighted by molar-refractivity contribution is 1.11. The quantitative estimate of drug-likeness (QED) is 0.631. The molecule has 0 saturated heterocycles. The second-order valence-corrected chi connectivity index (χ2v) is 2.43. The molecule has 1 heterocycles. The van der Waals surface area contributed by atoms with Crippen molar-refractivity contribution in [1.29, 1.82) is 0 Å². The second kappa shape index (κ2) is 2.88. The van der Waals surface area contributed by atoms with Crippen LogP contribution < -0.4 is 5.73 Å². The first-order valence-electron chi connectivity index (χ1n) is 3.14. The third kappa shape index (κ3) is 1.39. The first kappa shape index (κ1) is 7.35. The van der Waals surface area contributed by atoms with Crippen molar-refractivity contribution in [3.05, 3.63) is 23.0 Å². The van der Waals surface area contributed by atoms with Crippen LogP contribution in [0, 0.1) is 0 Å². The average molecular weight is 157 g/mol. The SMILES string of the molecule is CCc1cc(N)cnc1Cl. The van der Waals surface area contributed by atoms with Crippen LogP contribution in [0.5, 0.6) is 0 Å². The van der Waals surface area contributed by atoms with Gasteiger partial charge in [0.2, 0.25) is 0 Å². The maximum Gasteiger partial charge on any atom is 0.132 e. The molecular formula is C7H9ClN2. The summed E-state index contributed by atoms with van der Waals surface area (Å²) < 4.78 is 0. The van der Waals surface area contributed by atoms with Crippen LogP contribution in [0.4, 0.5) is 5.69 Å². The lowest BCUT2D eigenvalue weighted by Gasteiger charge is -1.99. The summed E-state index contributed by atoms with van der Waals surface area (Å²) in [5.41, 5.74) is 7.15. The number of rotatable bonds is 1. The zero-order valence-electron chi connectivity index (χ0n) is 5.76. The lowest BCUT2D eigenvalue weighted by atomic mass is 10.2. The fraction of sp³-hybridized carbons (Fsp3) is 0.286. The van der Waals surface area contributed by atoms with Crippen molar-refractivity contribution in [3.8, 4) is 0 Å². The van der Waals surface area contributed by atoms with Gasteiger partial charge in [0, 0.05) is 0 Å². The third-order valence-corrected chi connectivity index (χ3v) is 1.65. The van der Waals surface area contributed by atoms with E-state index in [1.807, 2.05) is 13.0 Å². The zero-order chi connectivity index (χ0) is 7.56. The highest BCUT2D eigenvalue weighted by molar-refractivity contribution is 6.30. The average Bonchev–Trinajstić information content (AvgIpc) is 1.94. The van der Waals surface area contributed by atoms with Crippen LogP contribution in [0.25, 0.3) is 0 Å². The summed E-state index contributed by atoms with van der Waals surface area (Å²) in [5.74, 6) is 0. The largest absolute Gasteiger partial charge is 0.397 e. The van der Waals surface area contributed by atoms with Crippen molar-refractivity contribution in [2.24, 2.45) is 0 Å². The van der Waals surface area contributed by atoms with Gasteiger partial charge in [0.1, 0.15) is 5.15 Å². The molecular weight excluding hydrogens is 148 g/mol. The van der Waals surface area contributed by atoms with Gasteiger partial charge in [0.25, 0.3) is 0 Å². The molecule has 3 heteroatoms. The fourth-order valence-electron chi connectivity index (χ4n) is 0.760. The molecule has 1 aromatic rings. The molecule has 0 radical (unpaired) electrons. The Balaban J connectivity index is 3.09. The molecule has 0 aliphatic heterocycles. The molecule has 0 saturated carbocycles. The summed E-state index contributed by atoms with van der Waals surface area (Å²) in [7, 11) is 0. The Morgan fingerprint density at radius 2 is 2.40 bits per heavy atom. The molecule has 0 unspecified atom stereocenters. The third-order valence-electron chi connectivity index (χ3n) is 1.31. The maximum atomic E-state index is 5.73. The number of nitrogens with zero attached hydrogens (tertiary/aromatic N) is 1. The monoisotopic (exact) mass is 156 g/mol. The van der Waals surface area contributed by atoms with E-state index in [0.29, 0.717) is 10.8 Å². The van der Waals surface area contributed by atoms with Gasteiger partial charge in [-0.25, -0.2) is 4.98 Å². The van der Waals surface area contributed by atoms with Crippen molar-refractivity contribution in [2.75, 3.05) is 5.73 Å². The highest BCUT2D eigenvalue weighted by atomic mass is 35.5. The van der Waals surface area contributed by atoms with Gasteiger partial charge < -0.3 is 5.73 Å². The second-order valence-electron chi connectivity index (χ2n) is 2.07. The van der Waals surface area contributed by atoms with Crippen LogP contribution in [-0.4, -0.2) is 4.98 Å². The minimum absolute atomic E-state index is 0.553. The molecule has 1 rings (SSSR count). The summed E-state index contributed by atoms with van der Waals surface area (Å²) >= 11 is 5.73. The number of nitrogens with two attached hydrogens (primary N) is 1. The van der Waals surface area contributed by atoms with Crippen molar-refractivity contribution in [1.82, 2.24) is 4.98 Å². The van der Waals surface area contributed by atoms with E-state index in [0.717, 1.165) is 12.0 Å². The normalized spacial score (nSPS) is 9.80. The molecule has 0 bridgehead atoms. The molecule has 0 spiro atoms. The van der Waals surface area contributed by atoms with Crippen LogP contribution >= 0.6 is 11.6 Å². The Bertz CT molecular complexity index is 235. The van der Waals surface area contributed by atoms with Gasteiger partial charge in [0.15, 0.2) is 0 Å². The Hall–Kier alpha value is -0.760. The Morgan fingerprint density at radius 3 is 2.90 bits per heavy atom. The van der Waals surface area contributed by atoms with E-state index in [9.17, 15) is 0 Å². The summed E-state index contributed by atoms with van der Waals surface area (Å²) in [4.78, 5) is 3.89. The van der Waals surface area contributed by atoms with E-state index in [2.05, 4.69) is 4.98 Å². The van der Waals surface area contributed by atoms with Gasteiger partial charge in [-0.15, -0.1) is 0 Å². The van der Waals surface area contributed by atoms with E-state index in [-0.39, 0.29) is 0 Å². The number of hydrogen-bond donors (Lipinski definition) is 1. The number of aryl methyl sites for hydroxylation is 1. The van der Waals surface area contributed by atoms with E-state index in [4.69, 9.17) is 17.3 Å². The van der Waals surface area contributed by atoms with Crippen molar-refractivity contribution in [2.45, 2.75) is 13.3 Å². The smallest absolute Gasteiger partial charge is 0.132 e. The van der Waals surface area contributed by atoms with Gasteiger partial charge in [-0.1, -0.05) is 18.5 Å². The summed E-state index contributed by atoms with van der Waals surface area (Å²) in [6.45, 7) is 2.02. The Morgan fingerprint density at radius 1 is 1.70 bits per heavy atom. The number of aromatic nitrogens is 1. The molecule has 0 aliphatic rings. The molecule has 1 aromatic heterocycles. The molecule has 10 heavy (non-hydrogen) atoms. The van der Waals surface area contributed by atoms with Gasteiger partial charge in [-0.2, -0.15) is 0 Å². The van der Waals surface area contributed by atoms with Gasteiger partial charge >= 0.3 is 0 Å². The topological polar surface area (TPSA) is 38.9 Å². The first-order chi connectivity index (χ1) is 4.74. The fourth-order valence-corrected chi connectivity index (χ4v) is 0.997. The first-order valence-corrected chi connectivity index (χ1v) is 3.51. The number of nitrogen functional groups attached to an aromatic ring is 1. The minimum atomic E-state index is 0.553. The molecule has 0 atom stereocenters. The Labute approximate surface area is 65.0 Å². The molecule has 2 nitrogen and oxygen atoms in total. The molecule has 54 valence electrons. The number of hydrogen-bond acceptors (Lipinski definition) is 2.